The van der Waals surface area contributed by atoms with Gasteiger partial charge in [-0.25, -0.2) is 0 Å². The Bertz CT molecular complexity index is 594. The smallest absolute Gasteiger partial charge is 0.251 e. The number of hydrogen-bond acceptors (Lipinski definition) is 3. The minimum absolute atomic E-state index is 0.0685. The Balaban J connectivity index is 1.95. The lowest BCUT2D eigenvalue weighted by Gasteiger charge is -2.08. The first-order chi connectivity index (χ1) is 9.09. The van der Waals surface area contributed by atoms with Crippen molar-refractivity contribution in [1.29, 1.82) is 0 Å². The zero-order valence-corrected chi connectivity index (χ0v) is 12.4. The summed E-state index contributed by atoms with van der Waals surface area (Å²) < 4.78 is 2.78. The highest BCUT2D eigenvalue weighted by Gasteiger charge is 2.10. The first-order valence-electron chi connectivity index (χ1n) is 5.96. The van der Waals surface area contributed by atoms with Gasteiger partial charge >= 0.3 is 0 Å². The molecule has 2 aromatic rings. The highest BCUT2D eigenvalue weighted by molar-refractivity contribution is 9.10. The van der Waals surface area contributed by atoms with Gasteiger partial charge in [-0.3, -0.25) is 4.79 Å². The van der Waals surface area contributed by atoms with Crippen molar-refractivity contribution in [2.24, 2.45) is 7.05 Å². The first-order valence-corrected chi connectivity index (χ1v) is 6.75. The van der Waals surface area contributed by atoms with Gasteiger partial charge in [-0.1, -0.05) is 22.0 Å². The highest BCUT2D eigenvalue weighted by Crippen LogP contribution is 2.19. The maximum atomic E-state index is 12.1. The molecule has 0 saturated carbocycles. The van der Waals surface area contributed by atoms with Crippen LogP contribution in [0.4, 0.5) is 0 Å². The molecule has 0 saturated heterocycles. The van der Waals surface area contributed by atoms with Crippen LogP contribution in [-0.2, 0) is 13.5 Å². The van der Waals surface area contributed by atoms with E-state index in [1.54, 1.807) is 6.33 Å². The largest absolute Gasteiger partial charge is 0.352 e. The molecule has 2 rings (SSSR count). The molecule has 0 aliphatic rings. The molecule has 1 N–H and O–H groups in total. The quantitative estimate of drug-likeness (QED) is 0.934. The molecule has 0 fully saturated rings. The fourth-order valence-corrected chi connectivity index (χ4v) is 2.14. The molecule has 1 amide bonds. The van der Waals surface area contributed by atoms with Crippen molar-refractivity contribution >= 4 is 21.8 Å². The number of rotatable bonds is 4. The van der Waals surface area contributed by atoms with Gasteiger partial charge in [0.05, 0.1) is 0 Å². The maximum absolute atomic E-state index is 12.1. The Kier molecular flexibility index (Phi) is 4.31. The SMILES string of the molecule is Cc1c(Br)cccc1C(=O)NCCc1nncn1C. The fraction of sp³-hybridized carbons (Fsp3) is 0.308. The lowest BCUT2D eigenvalue weighted by atomic mass is 10.1. The van der Waals surface area contributed by atoms with Gasteiger partial charge in [0.15, 0.2) is 0 Å². The third-order valence-corrected chi connectivity index (χ3v) is 3.81. The van der Waals surface area contributed by atoms with Gasteiger partial charge in [0, 0.05) is 30.0 Å². The van der Waals surface area contributed by atoms with Crippen molar-refractivity contribution in [3.05, 3.63) is 46.0 Å². The van der Waals surface area contributed by atoms with E-state index in [1.165, 1.54) is 0 Å². The molecule has 1 aromatic heterocycles. The standard InChI is InChI=1S/C13H15BrN4O/c1-9-10(4-3-5-11(9)14)13(19)15-7-6-12-17-16-8-18(12)2/h3-5,8H,6-7H2,1-2H3,(H,15,19). The Labute approximate surface area is 120 Å². The van der Waals surface area contributed by atoms with E-state index in [1.807, 2.05) is 36.7 Å². The van der Waals surface area contributed by atoms with Crippen molar-refractivity contribution < 1.29 is 4.79 Å². The summed E-state index contributed by atoms with van der Waals surface area (Å²) in [5.41, 5.74) is 1.63. The van der Waals surface area contributed by atoms with Crippen molar-refractivity contribution in [2.75, 3.05) is 6.54 Å². The number of carbonyl (C=O) groups excluding carboxylic acids is 1. The van der Waals surface area contributed by atoms with Crippen LogP contribution in [0.3, 0.4) is 0 Å². The van der Waals surface area contributed by atoms with Crippen LogP contribution in [0.5, 0.6) is 0 Å². The third kappa shape index (κ3) is 3.20. The fourth-order valence-electron chi connectivity index (χ4n) is 1.77. The van der Waals surface area contributed by atoms with Gasteiger partial charge in [0.25, 0.3) is 5.91 Å². The van der Waals surface area contributed by atoms with Crippen LogP contribution in [0.15, 0.2) is 29.0 Å². The van der Waals surface area contributed by atoms with E-state index in [-0.39, 0.29) is 5.91 Å². The van der Waals surface area contributed by atoms with E-state index in [4.69, 9.17) is 0 Å². The molecule has 5 nitrogen and oxygen atoms in total. The normalized spacial score (nSPS) is 10.5. The molecule has 100 valence electrons. The first kappa shape index (κ1) is 13.7. The van der Waals surface area contributed by atoms with Crippen molar-refractivity contribution in [1.82, 2.24) is 20.1 Å². The molecule has 1 heterocycles. The Morgan fingerprint density at radius 3 is 2.95 bits per heavy atom. The lowest BCUT2D eigenvalue weighted by molar-refractivity contribution is 0.0953. The van der Waals surface area contributed by atoms with Crippen LogP contribution in [0.25, 0.3) is 0 Å². The number of aryl methyl sites for hydroxylation is 1. The third-order valence-electron chi connectivity index (χ3n) is 2.95. The predicted molar refractivity (Wildman–Crippen MR) is 75.9 cm³/mol. The van der Waals surface area contributed by atoms with Crippen LogP contribution in [0, 0.1) is 6.92 Å². The summed E-state index contributed by atoms with van der Waals surface area (Å²) in [7, 11) is 1.88. The molecule has 0 aliphatic carbocycles. The zero-order chi connectivity index (χ0) is 13.8. The van der Waals surface area contributed by atoms with E-state index in [9.17, 15) is 4.79 Å². The van der Waals surface area contributed by atoms with E-state index in [0.29, 0.717) is 18.5 Å². The molecule has 0 unspecified atom stereocenters. The molecule has 0 spiro atoms. The molecule has 0 radical (unpaired) electrons. The summed E-state index contributed by atoms with van der Waals surface area (Å²) in [5.74, 6) is 0.784. The molecule has 19 heavy (non-hydrogen) atoms. The number of halogens is 1. The second kappa shape index (κ2) is 5.97. The van der Waals surface area contributed by atoms with E-state index >= 15 is 0 Å². The second-order valence-corrected chi connectivity index (χ2v) is 5.13. The van der Waals surface area contributed by atoms with Gasteiger partial charge < -0.3 is 9.88 Å². The van der Waals surface area contributed by atoms with Gasteiger partial charge in [0.1, 0.15) is 12.2 Å². The maximum Gasteiger partial charge on any atom is 0.251 e. The van der Waals surface area contributed by atoms with E-state index in [2.05, 4.69) is 31.4 Å². The summed E-state index contributed by atoms with van der Waals surface area (Å²) in [6.45, 7) is 2.46. The molecule has 1 aromatic carbocycles. The van der Waals surface area contributed by atoms with Crippen LogP contribution in [-0.4, -0.2) is 27.2 Å². The van der Waals surface area contributed by atoms with Crippen LogP contribution < -0.4 is 5.32 Å². The number of nitrogens with one attached hydrogen (secondary N) is 1. The number of aromatic nitrogens is 3. The Hall–Kier alpha value is -1.69. The number of carbonyl (C=O) groups is 1. The Morgan fingerprint density at radius 2 is 2.26 bits per heavy atom. The summed E-state index contributed by atoms with van der Waals surface area (Å²) in [4.78, 5) is 12.1. The predicted octanol–water partition coefficient (Wildman–Crippen LogP) is 1.86. The number of hydrogen-bond donors (Lipinski definition) is 1. The topological polar surface area (TPSA) is 59.8 Å². The van der Waals surface area contributed by atoms with Crippen LogP contribution >= 0.6 is 15.9 Å². The molecule has 0 atom stereocenters. The molecule has 0 aliphatic heterocycles. The molecule has 6 heteroatoms. The Morgan fingerprint density at radius 1 is 1.47 bits per heavy atom. The van der Waals surface area contributed by atoms with Crippen molar-refractivity contribution in [3.63, 3.8) is 0 Å². The van der Waals surface area contributed by atoms with Gasteiger partial charge in [-0.15, -0.1) is 10.2 Å². The summed E-state index contributed by atoms with van der Waals surface area (Å²) in [6.07, 6.45) is 2.31. The minimum atomic E-state index is -0.0685. The molecular weight excluding hydrogens is 308 g/mol. The monoisotopic (exact) mass is 322 g/mol. The lowest BCUT2D eigenvalue weighted by Crippen LogP contribution is -2.27. The highest BCUT2D eigenvalue weighted by atomic mass is 79.9. The van der Waals surface area contributed by atoms with Gasteiger partial charge in [-0.2, -0.15) is 0 Å². The summed E-state index contributed by atoms with van der Waals surface area (Å²) in [6, 6.07) is 5.60. The average molecular weight is 323 g/mol. The van der Waals surface area contributed by atoms with Crippen molar-refractivity contribution in [3.8, 4) is 0 Å². The summed E-state index contributed by atoms with van der Waals surface area (Å²) >= 11 is 3.42. The number of nitrogens with zero attached hydrogens (tertiary/aromatic N) is 3. The number of benzene rings is 1. The van der Waals surface area contributed by atoms with Crippen molar-refractivity contribution in [2.45, 2.75) is 13.3 Å². The van der Waals surface area contributed by atoms with Crippen LogP contribution in [0.2, 0.25) is 0 Å². The van der Waals surface area contributed by atoms with E-state index < -0.39 is 0 Å². The van der Waals surface area contributed by atoms with Gasteiger partial charge in [-0.05, 0) is 24.6 Å². The zero-order valence-electron chi connectivity index (χ0n) is 10.9. The summed E-state index contributed by atoms with van der Waals surface area (Å²) in [5, 5.41) is 10.7. The molecule has 0 bridgehead atoms. The molecular formula is C13H15BrN4O. The second-order valence-electron chi connectivity index (χ2n) is 4.28. The minimum Gasteiger partial charge on any atom is -0.352 e. The van der Waals surface area contributed by atoms with Crippen LogP contribution in [0.1, 0.15) is 21.7 Å². The van der Waals surface area contributed by atoms with Gasteiger partial charge in [0.2, 0.25) is 0 Å². The van der Waals surface area contributed by atoms with E-state index in [0.717, 1.165) is 15.9 Å². The number of amides is 1. The average Bonchev–Trinajstić information content (AvgIpc) is 2.78.